The molecule has 4 heteroatoms. The van der Waals surface area contributed by atoms with Gasteiger partial charge < -0.3 is 8.99 Å². The molecule has 4 aromatic rings. The van der Waals surface area contributed by atoms with Crippen LogP contribution in [-0.2, 0) is 19.5 Å². The van der Waals surface area contributed by atoms with E-state index in [1.165, 1.54) is 33.3 Å². The van der Waals surface area contributed by atoms with Gasteiger partial charge in [0.25, 0.3) is 8.32 Å². The molecule has 194 valence electrons. The molecule has 0 bridgehead atoms. The molecule has 1 unspecified atom stereocenters. The van der Waals surface area contributed by atoms with Crippen molar-refractivity contribution >= 4 is 19.2 Å². The number of aromatic nitrogens is 1. The zero-order valence-corrected chi connectivity index (χ0v) is 24.4. The lowest BCUT2D eigenvalue weighted by atomic mass is 9.94. The molecule has 0 spiro atoms. The minimum Gasteiger partial charge on any atom is -0.543 e. The number of fused-ring (bicyclic) bond motifs is 3. The normalized spacial score (nSPS) is 16.6. The van der Waals surface area contributed by atoms with Crippen LogP contribution in [0.15, 0.2) is 78.9 Å². The van der Waals surface area contributed by atoms with Crippen molar-refractivity contribution in [2.45, 2.75) is 77.8 Å². The predicted molar refractivity (Wildman–Crippen MR) is 159 cm³/mol. The number of benzene rings is 3. The summed E-state index contributed by atoms with van der Waals surface area (Å²) in [7, 11) is -1.98. The van der Waals surface area contributed by atoms with Crippen molar-refractivity contribution < 1.29 is 4.43 Å². The minimum absolute atomic E-state index is 0.153. The van der Waals surface area contributed by atoms with Crippen LogP contribution in [0.25, 0.3) is 10.9 Å². The second kappa shape index (κ2) is 10.1. The molecule has 0 saturated carbocycles. The third-order valence-electron chi connectivity index (χ3n) is 8.57. The first kappa shape index (κ1) is 25.8. The Labute approximate surface area is 224 Å². The fraction of sp³-hybridized carbons (Fsp3) is 0.394. The average Bonchev–Trinajstić information content (AvgIpc) is 3.19. The van der Waals surface area contributed by atoms with Crippen molar-refractivity contribution in [1.82, 2.24) is 9.47 Å². The summed E-state index contributed by atoms with van der Waals surface area (Å²) in [6.07, 6.45) is 2.14. The van der Waals surface area contributed by atoms with Gasteiger partial charge in [0, 0.05) is 30.7 Å². The Hall–Kier alpha value is -2.82. The third-order valence-corrected chi connectivity index (χ3v) is 12.9. The summed E-state index contributed by atoms with van der Waals surface area (Å²) in [6.45, 7) is 17.0. The van der Waals surface area contributed by atoms with E-state index in [0.717, 1.165) is 38.2 Å². The van der Waals surface area contributed by atoms with E-state index >= 15 is 0 Å². The van der Waals surface area contributed by atoms with Crippen molar-refractivity contribution in [1.29, 1.82) is 0 Å². The van der Waals surface area contributed by atoms with Gasteiger partial charge in [-0.2, -0.15) is 0 Å². The molecule has 5 rings (SSSR count). The molecule has 0 N–H and O–H groups in total. The van der Waals surface area contributed by atoms with Crippen LogP contribution in [0, 0.1) is 0 Å². The average molecular weight is 511 g/mol. The number of rotatable bonds is 7. The van der Waals surface area contributed by atoms with Gasteiger partial charge in [-0.3, -0.25) is 4.90 Å². The van der Waals surface area contributed by atoms with E-state index in [0.29, 0.717) is 6.04 Å². The van der Waals surface area contributed by atoms with E-state index in [-0.39, 0.29) is 5.04 Å². The molecule has 0 radical (unpaired) electrons. The lowest BCUT2D eigenvalue weighted by Gasteiger charge is -2.37. The molecule has 1 atom stereocenters. The topological polar surface area (TPSA) is 17.4 Å². The molecule has 3 nitrogen and oxygen atoms in total. The maximum absolute atomic E-state index is 7.01. The van der Waals surface area contributed by atoms with Gasteiger partial charge in [0.2, 0.25) is 0 Å². The van der Waals surface area contributed by atoms with Crippen molar-refractivity contribution in [3.8, 4) is 5.75 Å². The molecule has 0 aliphatic carbocycles. The van der Waals surface area contributed by atoms with E-state index in [4.69, 9.17) is 4.43 Å². The number of hydrogen-bond acceptors (Lipinski definition) is 2. The lowest BCUT2D eigenvalue weighted by Crippen LogP contribution is -2.43. The Kier molecular flexibility index (Phi) is 7.08. The fourth-order valence-electron chi connectivity index (χ4n) is 5.59. The van der Waals surface area contributed by atoms with Gasteiger partial charge in [0.15, 0.2) is 0 Å². The molecule has 0 amide bonds. The van der Waals surface area contributed by atoms with Crippen molar-refractivity contribution in [3.63, 3.8) is 0 Å². The second-order valence-electron chi connectivity index (χ2n) is 12.1. The molecule has 0 saturated heterocycles. The van der Waals surface area contributed by atoms with Crippen LogP contribution in [0.5, 0.6) is 5.75 Å². The highest BCUT2D eigenvalue weighted by Crippen LogP contribution is 2.45. The Morgan fingerprint density at radius 3 is 2.05 bits per heavy atom. The van der Waals surface area contributed by atoms with E-state index in [1.54, 1.807) is 0 Å². The first-order valence-electron chi connectivity index (χ1n) is 13.8. The van der Waals surface area contributed by atoms with Gasteiger partial charge in [-0.1, -0.05) is 94.4 Å². The molecular weight excluding hydrogens is 468 g/mol. The largest absolute Gasteiger partial charge is 0.543 e. The Morgan fingerprint density at radius 2 is 1.46 bits per heavy atom. The van der Waals surface area contributed by atoms with E-state index in [2.05, 4.69) is 129 Å². The first-order valence-corrected chi connectivity index (χ1v) is 16.8. The number of hydrogen-bond donors (Lipinski definition) is 0. The van der Waals surface area contributed by atoms with Gasteiger partial charge in [0.05, 0.1) is 11.6 Å². The molecule has 1 aromatic heterocycles. The summed E-state index contributed by atoms with van der Waals surface area (Å²) in [4.78, 5) is 2.69. The van der Waals surface area contributed by atoms with Crippen molar-refractivity contribution in [3.05, 3.63) is 101 Å². The zero-order chi connectivity index (χ0) is 26.2. The van der Waals surface area contributed by atoms with Crippen LogP contribution in [0.2, 0.25) is 18.1 Å². The summed E-state index contributed by atoms with van der Waals surface area (Å²) < 4.78 is 9.61. The molecule has 2 heterocycles. The van der Waals surface area contributed by atoms with E-state index < -0.39 is 8.32 Å². The molecule has 37 heavy (non-hydrogen) atoms. The standard InChI is InChI=1S/C33H42N2OSi/c1-7-28-32-27(21-22-34(28)23-25-15-10-8-11-16-25)31-29(35(32)24-26-17-12-9-13-18-26)19-14-20-30(31)36-37(5,6)33(2,3)4/h8-20,28H,7,21-24H2,1-6H3. The van der Waals surface area contributed by atoms with Crippen LogP contribution in [-0.4, -0.2) is 24.3 Å². The summed E-state index contributed by atoms with van der Waals surface area (Å²) in [5.41, 5.74) is 7.02. The summed E-state index contributed by atoms with van der Waals surface area (Å²) >= 11 is 0. The summed E-state index contributed by atoms with van der Waals surface area (Å²) in [6, 6.07) is 28.9. The smallest absolute Gasteiger partial charge is 0.250 e. The highest BCUT2D eigenvalue weighted by Gasteiger charge is 2.40. The predicted octanol–water partition coefficient (Wildman–Crippen LogP) is 8.58. The summed E-state index contributed by atoms with van der Waals surface area (Å²) in [5, 5.41) is 1.50. The van der Waals surface area contributed by atoms with Gasteiger partial charge in [-0.05, 0) is 59.8 Å². The Balaban J connectivity index is 1.66. The second-order valence-corrected chi connectivity index (χ2v) is 16.8. The van der Waals surface area contributed by atoms with Gasteiger partial charge in [-0.15, -0.1) is 0 Å². The highest BCUT2D eigenvalue weighted by molar-refractivity contribution is 6.74. The molecule has 1 aliphatic heterocycles. The van der Waals surface area contributed by atoms with E-state index in [1.807, 2.05) is 0 Å². The maximum Gasteiger partial charge on any atom is 0.250 e. The quantitative estimate of drug-likeness (QED) is 0.232. The number of nitrogens with zero attached hydrogens (tertiary/aromatic N) is 2. The molecule has 0 fully saturated rings. The monoisotopic (exact) mass is 510 g/mol. The SMILES string of the molecule is CCC1c2c(c3c(O[Si](C)(C)C(C)(C)C)cccc3n2Cc2ccccc2)CCN1Cc1ccccc1. The molecule has 3 aromatic carbocycles. The van der Waals surface area contributed by atoms with Gasteiger partial charge in [0.1, 0.15) is 5.75 Å². The highest BCUT2D eigenvalue weighted by atomic mass is 28.4. The molecule has 1 aliphatic rings. The Morgan fingerprint density at radius 1 is 0.838 bits per heavy atom. The third kappa shape index (κ3) is 5.02. The maximum atomic E-state index is 7.01. The van der Waals surface area contributed by atoms with Crippen LogP contribution < -0.4 is 4.43 Å². The van der Waals surface area contributed by atoms with E-state index in [9.17, 15) is 0 Å². The molecular formula is C33H42N2OSi. The minimum atomic E-state index is -1.98. The van der Waals surface area contributed by atoms with Crippen molar-refractivity contribution in [2.24, 2.45) is 0 Å². The van der Waals surface area contributed by atoms with Crippen LogP contribution in [0.4, 0.5) is 0 Å². The summed E-state index contributed by atoms with van der Waals surface area (Å²) in [5.74, 6) is 1.08. The van der Waals surface area contributed by atoms with Crippen molar-refractivity contribution in [2.75, 3.05) is 6.54 Å². The zero-order valence-electron chi connectivity index (χ0n) is 23.4. The van der Waals surface area contributed by atoms with Gasteiger partial charge >= 0.3 is 0 Å². The lowest BCUT2D eigenvalue weighted by molar-refractivity contribution is 0.164. The first-order chi connectivity index (χ1) is 17.7. The fourth-order valence-corrected chi connectivity index (χ4v) is 6.62. The van der Waals surface area contributed by atoms with Crippen LogP contribution in [0.1, 0.15) is 62.5 Å². The van der Waals surface area contributed by atoms with Crippen LogP contribution >= 0.6 is 0 Å². The van der Waals surface area contributed by atoms with Crippen LogP contribution in [0.3, 0.4) is 0 Å². The van der Waals surface area contributed by atoms with Gasteiger partial charge in [-0.25, -0.2) is 0 Å². The Bertz CT molecular complexity index is 1350.